The number of carbonyl (C=O) groups is 2. The van der Waals surface area contributed by atoms with Gasteiger partial charge in [-0.2, -0.15) is 0 Å². The molecule has 0 aliphatic carbocycles. The summed E-state index contributed by atoms with van der Waals surface area (Å²) in [5, 5.41) is 0.0674. The summed E-state index contributed by atoms with van der Waals surface area (Å²) in [6.07, 6.45) is 6.05. The Morgan fingerprint density at radius 1 is 0.945 bits per heavy atom. The molecule has 1 saturated heterocycles. The molecule has 1 fully saturated rings. The van der Waals surface area contributed by atoms with Crippen molar-refractivity contribution >= 4 is 34.4 Å². The van der Waals surface area contributed by atoms with Crippen LogP contribution in [0.1, 0.15) is 81.2 Å². The lowest BCUT2D eigenvalue weighted by Gasteiger charge is -2.39. The third-order valence-corrected chi connectivity index (χ3v) is 16.3. The van der Waals surface area contributed by atoms with Crippen LogP contribution in [0.2, 0.25) is 43.8 Å². The summed E-state index contributed by atoms with van der Waals surface area (Å²) in [6, 6.07) is 13.1. The van der Waals surface area contributed by atoms with Gasteiger partial charge in [0.2, 0.25) is 0 Å². The molecule has 55 heavy (non-hydrogen) atoms. The van der Waals surface area contributed by atoms with Crippen molar-refractivity contribution in [3.63, 3.8) is 0 Å². The molecule has 0 N–H and O–H groups in total. The number of carbonyl (C=O) groups excluding carboxylic acids is 2. The Morgan fingerprint density at radius 3 is 2.22 bits per heavy atom. The highest BCUT2D eigenvalue weighted by Crippen LogP contribution is 2.39. The molecule has 12 heteroatoms. The number of methoxy groups -OCH3 is 2. The largest absolute Gasteiger partial charge is 0.497 e. The van der Waals surface area contributed by atoms with E-state index in [2.05, 4.69) is 67.4 Å². The summed E-state index contributed by atoms with van der Waals surface area (Å²) >= 11 is 0. The van der Waals surface area contributed by atoms with Crippen LogP contribution in [0, 0.1) is 5.92 Å². The second kappa shape index (κ2) is 19.7. The number of esters is 2. The van der Waals surface area contributed by atoms with Crippen LogP contribution < -0.4 is 9.47 Å². The first kappa shape index (κ1) is 46.1. The lowest BCUT2D eigenvalue weighted by molar-refractivity contribution is -0.152. The van der Waals surface area contributed by atoms with Crippen LogP contribution in [0.15, 0.2) is 60.7 Å². The first-order valence-corrected chi connectivity index (χ1v) is 25.8. The molecular weight excluding hydrogens is 733 g/mol. The molecule has 0 saturated carbocycles. The zero-order valence-corrected chi connectivity index (χ0v) is 37.6. The average molecular weight is 799 g/mol. The Morgan fingerprint density at radius 2 is 1.62 bits per heavy atom. The van der Waals surface area contributed by atoms with Crippen LogP contribution in [0.5, 0.6) is 11.5 Å². The van der Waals surface area contributed by atoms with Gasteiger partial charge in [-0.15, -0.1) is 0 Å². The van der Waals surface area contributed by atoms with Crippen LogP contribution in [-0.2, 0) is 28.1 Å². The molecule has 1 heterocycles. The van der Waals surface area contributed by atoms with E-state index in [9.17, 15) is 9.59 Å². The van der Waals surface area contributed by atoms with Crippen LogP contribution >= 0.6 is 0 Å². The second-order valence-electron chi connectivity index (χ2n) is 17.4. The fourth-order valence-electron chi connectivity index (χ4n) is 5.66. The van der Waals surface area contributed by atoms with Crippen molar-refractivity contribution in [2.75, 3.05) is 27.6 Å². The van der Waals surface area contributed by atoms with Gasteiger partial charge in [0.05, 0.1) is 25.4 Å². The van der Waals surface area contributed by atoms with E-state index in [4.69, 9.17) is 37.6 Å². The fraction of sp³-hybridized carbons (Fsp3) is 0.581. The molecule has 306 valence electrons. The Bertz CT molecular complexity index is 1610. The van der Waals surface area contributed by atoms with Crippen molar-refractivity contribution in [3.8, 4) is 11.5 Å². The monoisotopic (exact) mass is 798 g/mol. The van der Waals surface area contributed by atoms with Crippen molar-refractivity contribution in [1.29, 1.82) is 0 Å². The molecule has 3 rings (SSSR count). The van der Waals surface area contributed by atoms with E-state index < -0.39 is 52.4 Å². The summed E-state index contributed by atoms with van der Waals surface area (Å²) in [6.45, 7) is 26.0. The van der Waals surface area contributed by atoms with Crippen molar-refractivity contribution in [3.05, 3.63) is 77.4 Å². The summed E-state index contributed by atoms with van der Waals surface area (Å²) in [5.41, 5.74) is 1.26. The third kappa shape index (κ3) is 14.0. The van der Waals surface area contributed by atoms with Gasteiger partial charge in [0.15, 0.2) is 20.9 Å². The number of hydrogen-bond acceptors (Lipinski definition) is 10. The number of ether oxygens (including phenoxy) is 7. The lowest BCUT2D eigenvalue weighted by atomic mass is 9.99. The molecule has 1 unspecified atom stereocenters. The molecule has 2 aromatic rings. The van der Waals surface area contributed by atoms with E-state index in [1.54, 1.807) is 43.5 Å². The minimum atomic E-state index is -2.02. The zero-order chi connectivity index (χ0) is 41.2. The predicted octanol–water partition coefficient (Wildman–Crippen LogP) is 9.92. The normalized spacial score (nSPS) is 19.3. The van der Waals surface area contributed by atoms with Crippen molar-refractivity contribution in [2.24, 2.45) is 5.92 Å². The molecule has 5 atom stereocenters. The lowest BCUT2D eigenvalue weighted by Crippen LogP contribution is -2.44. The van der Waals surface area contributed by atoms with Gasteiger partial charge in [-0.3, -0.25) is 0 Å². The Balaban J connectivity index is 1.97. The second-order valence-corrected chi connectivity index (χ2v) is 27.8. The van der Waals surface area contributed by atoms with Crippen LogP contribution in [-0.4, -0.2) is 86.2 Å². The minimum Gasteiger partial charge on any atom is -0.497 e. The summed E-state index contributed by atoms with van der Waals surface area (Å²) < 4.78 is 48.1. The third-order valence-electron chi connectivity index (χ3n) is 10.1. The van der Waals surface area contributed by atoms with Gasteiger partial charge in [0.25, 0.3) is 0 Å². The highest BCUT2D eigenvalue weighted by molar-refractivity contribution is 6.76. The van der Waals surface area contributed by atoms with Crippen LogP contribution in [0.25, 0.3) is 6.08 Å². The van der Waals surface area contributed by atoms with Gasteiger partial charge in [-0.1, -0.05) is 83.8 Å². The maximum absolute atomic E-state index is 13.6. The Kier molecular flexibility index (Phi) is 16.6. The van der Waals surface area contributed by atoms with Crippen LogP contribution in [0.3, 0.4) is 0 Å². The average Bonchev–Trinajstić information content (AvgIpc) is 3.41. The minimum absolute atomic E-state index is 0.0206. The van der Waals surface area contributed by atoms with Gasteiger partial charge in [0, 0.05) is 27.4 Å². The van der Waals surface area contributed by atoms with Gasteiger partial charge in [0.1, 0.15) is 29.3 Å². The molecule has 0 radical (unpaired) electrons. The Hall–Kier alpha value is -3.27. The fourth-order valence-corrected chi connectivity index (χ4v) is 7.87. The molecule has 0 amide bonds. The molecule has 0 bridgehead atoms. The quantitative estimate of drug-likeness (QED) is 0.0590. The van der Waals surface area contributed by atoms with Gasteiger partial charge in [-0.05, 0) is 87.1 Å². The number of rotatable bonds is 19. The maximum Gasteiger partial charge on any atom is 0.342 e. The number of benzene rings is 2. The van der Waals surface area contributed by atoms with Gasteiger partial charge in [-0.25, -0.2) is 9.59 Å². The summed E-state index contributed by atoms with van der Waals surface area (Å²) in [4.78, 5) is 27.1. The SMILES string of the molecule is COCOc1cc(OC)cc(/C=C/C[C@@H]2OC(C)(C)O[C@@H]2C(/C=C\[C@H](C)[C@@H](C)O[Si](C)(C)C(C)(C)C)OC(=O)c2ccccc2)c1C(=O)OCC[Si](C)(C)C. The van der Waals surface area contributed by atoms with E-state index in [-0.39, 0.29) is 35.2 Å². The Labute approximate surface area is 332 Å². The van der Waals surface area contributed by atoms with E-state index in [0.717, 1.165) is 6.04 Å². The molecule has 0 spiro atoms. The highest BCUT2D eigenvalue weighted by Gasteiger charge is 2.46. The molecule has 1 aliphatic heterocycles. The van der Waals surface area contributed by atoms with E-state index >= 15 is 0 Å². The van der Waals surface area contributed by atoms with Crippen molar-refractivity contribution in [2.45, 2.75) is 129 Å². The van der Waals surface area contributed by atoms with Crippen molar-refractivity contribution < 1.29 is 47.2 Å². The van der Waals surface area contributed by atoms with E-state index in [0.29, 0.717) is 29.9 Å². The smallest absolute Gasteiger partial charge is 0.342 e. The number of hydrogen-bond donors (Lipinski definition) is 0. The molecule has 0 aromatic heterocycles. The first-order valence-electron chi connectivity index (χ1n) is 19.2. The standard InChI is InChI=1S/C43H66O10Si2/c1-30(31(2)53-55(13,14)42(3,4)5)23-24-35(50-40(44)32-19-16-15-17-20-32)39-36(51-43(6,7)52-39)22-18-21-33-27-34(47-9)28-37(49-29-46-8)38(33)41(45)48-25-26-54(10,11)12/h15-21,23-24,27-28,30-31,35-36,39H,22,25-26,29H2,1-14H3/b21-18+,24-23-/t30-,31+,35?,36-,39+/m0/s1. The molecular formula is C43H66O10Si2. The summed E-state index contributed by atoms with van der Waals surface area (Å²) in [7, 11) is -0.400. The van der Waals surface area contributed by atoms with Crippen molar-refractivity contribution in [1.82, 2.24) is 0 Å². The molecule has 2 aromatic carbocycles. The maximum atomic E-state index is 13.6. The topological polar surface area (TPSA) is 108 Å². The first-order chi connectivity index (χ1) is 25.6. The highest BCUT2D eigenvalue weighted by atomic mass is 28.4. The van der Waals surface area contributed by atoms with E-state index in [1.807, 2.05) is 44.2 Å². The van der Waals surface area contributed by atoms with Crippen LogP contribution in [0.4, 0.5) is 0 Å². The zero-order valence-electron chi connectivity index (χ0n) is 35.6. The predicted molar refractivity (Wildman–Crippen MR) is 223 cm³/mol. The van der Waals surface area contributed by atoms with E-state index in [1.165, 1.54) is 7.11 Å². The summed E-state index contributed by atoms with van der Waals surface area (Å²) in [5.74, 6) is -1.10. The molecule has 10 nitrogen and oxygen atoms in total. The van der Waals surface area contributed by atoms with Gasteiger partial charge < -0.3 is 37.6 Å². The molecule has 1 aliphatic rings. The van der Waals surface area contributed by atoms with Gasteiger partial charge >= 0.3 is 11.9 Å².